The summed E-state index contributed by atoms with van der Waals surface area (Å²) in [6, 6.07) is 21.5. The van der Waals surface area contributed by atoms with Gasteiger partial charge in [-0.1, -0.05) is 24.3 Å². The molecule has 3 N–H and O–H groups in total. The van der Waals surface area contributed by atoms with Gasteiger partial charge in [-0.15, -0.1) is 0 Å². The van der Waals surface area contributed by atoms with Crippen molar-refractivity contribution in [3.05, 3.63) is 84.2 Å². The Morgan fingerprint density at radius 1 is 0.939 bits per heavy atom. The summed E-state index contributed by atoms with van der Waals surface area (Å²) in [7, 11) is 1.55. The molecule has 8 nitrogen and oxygen atoms in total. The number of para-hydroxylation sites is 4. The van der Waals surface area contributed by atoms with Gasteiger partial charge in [-0.3, -0.25) is 4.79 Å². The number of anilines is 2. The standard InChI is InChI=1S/C25H25N5O3/c1-17-27-20-7-3-5-9-22(20)30(17)16-15-26-25(32)28-19-13-11-18(12-14-19)24(31)29-21-8-4-6-10-23(21)33-2/h3-14H,15-16H2,1-2H3,(H,29,31)(H2,26,28,32). The third-order valence-electron chi connectivity index (χ3n) is 5.23. The second-order valence-corrected chi connectivity index (χ2v) is 7.41. The van der Waals surface area contributed by atoms with Gasteiger partial charge in [-0.05, 0) is 55.5 Å². The van der Waals surface area contributed by atoms with Gasteiger partial charge in [-0.25, -0.2) is 9.78 Å². The van der Waals surface area contributed by atoms with Crippen LogP contribution in [0, 0.1) is 6.92 Å². The number of aromatic nitrogens is 2. The molecule has 3 amide bonds. The molecule has 0 bridgehead atoms. The van der Waals surface area contributed by atoms with Gasteiger partial charge in [0.2, 0.25) is 0 Å². The Bertz CT molecular complexity index is 1280. The van der Waals surface area contributed by atoms with E-state index < -0.39 is 0 Å². The summed E-state index contributed by atoms with van der Waals surface area (Å²) in [5.41, 5.74) is 3.63. The molecule has 3 aromatic carbocycles. The van der Waals surface area contributed by atoms with Crippen molar-refractivity contribution >= 4 is 34.3 Å². The number of amides is 3. The Hall–Kier alpha value is -4.33. The highest BCUT2D eigenvalue weighted by Gasteiger charge is 2.10. The summed E-state index contributed by atoms with van der Waals surface area (Å²) < 4.78 is 7.33. The molecule has 0 aliphatic rings. The smallest absolute Gasteiger partial charge is 0.319 e. The lowest BCUT2D eigenvalue weighted by atomic mass is 10.2. The van der Waals surface area contributed by atoms with E-state index in [1.165, 1.54) is 0 Å². The molecule has 0 atom stereocenters. The maximum absolute atomic E-state index is 12.5. The summed E-state index contributed by atoms with van der Waals surface area (Å²) >= 11 is 0. The van der Waals surface area contributed by atoms with Crippen LogP contribution in [0.25, 0.3) is 11.0 Å². The van der Waals surface area contributed by atoms with E-state index in [1.54, 1.807) is 43.5 Å². The van der Waals surface area contributed by atoms with Crippen LogP contribution in [0.2, 0.25) is 0 Å². The highest BCUT2D eigenvalue weighted by atomic mass is 16.5. The van der Waals surface area contributed by atoms with Crippen molar-refractivity contribution in [1.82, 2.24) is 14.9 Å². The number of carbonyl (C=O) groups excluding carboxylic acids is 2. The average molecular weight is 444 g/mol. The van der Waals surface area contributed by atoms with Crippen LogP contribution in [0.15, 0.2) is 72.8 Å². The van der Waals surface area contributed by atoms with E-state index in [-0.39, 0.29) is 11.9 Å². The molecule has 0 aliphatic heterocycles. The molecule has 0 saturated heterocycles. The highest BCUT2D eigenvalue weighted by Crippen LogP contribution is 2.24. The number of carbonyl (C=O) groups is 2. The molecule has 0 radical (unpaired) electrons. The minimum absolute atomic E-state index is 0.265. The predicted molar refractivity (Wildman–Crippen MR) is 129 cm³/mol. The fourth-order valence-electron chi connectivity index (χ4n) is 3.58. The summed E-state index contributed by atoms with van der Waals surface area (Å²) in [6.07, 6.45) is 0. The number of imidazole rings is 1. The van der Waals surface area contributed by atoms with Crippen LogP contribution < -0.4 is 20.7 Å². The lowest BCUT2D eigenvalue weighted by Gasteiger charge is -2.11. The van der Waals surface area contributed by atoms with Gasteiger partial charge < -0.3 is 25.3 Å². The first-order valence-electron chi connectivity index (χ1n) is 10.6. The zero-order chi connectivity index (χ0) is 23.2. The molecule has 0 aliphatic carbocycles. The molecular formula is C25H25N5O3. The number of nitrogens with zero attached hydrogens (tertiary/aromatic N) is 2. The monoisotopic (exact) mass is 443 g/mol. The van der Waals surface area contributed by atoms with E-state index in [2.05, 4.69) is 25.5 Å². The number of methoxy groups -OCH3 is 1. The van der Waals surface area contributed by atoms with E-state index in [1.807, 2.05) is 43.3 Å². The van der Waals surface area contributed by atoms with Crippen molar-refractivity contribution in [1.29, 1.82) is 0 Å². The molecule has 0 spiro atoms. The van der Waals surface area contributed by atoms with E-state index >= 15 is 0 Å². The topological polar surface area (TPSA) is 97.3 Å². The van der Waals surface area contributed by atoms with Gasteiger partial charge in [0.05, 0.1) is 23.8 Å². The van der Waals surface area contributed by atoms with E-state index in [0.29, 0.717) is 35.8 Å². The van der Waals surface area contributed by atoms with Gasteiger partial charge >= 0.3 is 6.03 Å². The number of aryl methyl sites for hydroxylation is 1. The number of nitrogens with one attached hydrogen (secondary N) is 3. The molecule has 168 valence electrons. The van der Waals surface area contributed by atoms with Gasteiger partial charge in [0, 0.05) is 24.3 Å². The van der Waals surface area contributed by atoms with Gasteiger partial charge in [0.1, 0.15) is 11.6 Å². The third kappa shape index (κ3) is 5.12. The van der Waals surface area contributed by atoms with Gasteiger partial charge in [0.25, 0.3) is 5.91 Å². The van der Waals surface area contributed by atoms with E-state index in [4.69, 9.17) is 4.74 Å². The van der Waals surface area contributed by atoms with Crippen LogP contribution in [0.3, 0.4) is 0 Å². The average Bonchev–Trinajstić information content (AvgIpc) is 3.15. The van der Waals surface area contributed by atoms with Gasteiger partial charge in [-0.2, -0.15) is 0 Å². The zero-order valence-corrected chi connectivity index (χ0v) is 18.5. The number of fused-ring (bicyclic) bond motifs is 1. The van der Waals surface area contributed by atoms with Crippen LogP contribution >= 0.6 is 0 Å². The zero-order valence-electron chi connectivity index (χ0n) is 18.5. The van der Waals surface area contributed by atoms with Crippen molar-refractivity contribution < 1.29 is 14.3 Å². The van der Waals surface area contributed by atoms with Gasteiger partial charge in [0.15, 0.2) is 0 Å². The summed E-state index contributed by atoms with van der Waals surface area (Å²) in [5, 5.41) is 8.46. The fraction of sp³-hybridized carbons (Fsp3) is 0.160. The fourth-order valence-corrected chi connectivity index (χ4v) is 3.58. The van der Waals surface area contributed by atoms with Crippen molar-refractivity contribution in [2.45, 2.75) is 13.5 Å². The quantitative estimate of drug-likeness (QED) is 0.394. The molecule has 1 aromatic heterocycles. The number of hydrogen-bond donors (Lipinski definition) is 3. The Balaban J connectivity index is 1.30. The molecule has 0 fully saturated rings. The number of benzene rings is 3. The van der Waals surface area contributed by atoms with Crippen molar-refractivity contribution in [2.75, 3.05) is 24.3 Å². The molecule has 33 heavy (non-hydrogen) atoms. The Morgan fingerprint density at radius 2 is 1.67 bits per heavy atom. The first-order valence-corrected chi connectivity index (χ1v) is 10.6. The minimum Gasteiger partial charge on any atom is -0.495 e. The molecule has 0 unspecified atom stereocenters. The van der Waals surface area contributed by atoms with Crippen LogP contribution in [0.4, 0.5) is 16.2 Å². The molecule has 4 rings (SSSR count). The number of urea groups is 1. The number of hydrogen-bond acceptors (Lipinski definition) is 4. The molecule has 4 aromatic rings. The van der Waals surface area contributed by atoms with Crippen molar-refractivity contribution in [3.63, 3.8) is 0 Å². The second-order valence-electron chi connectivity index (χ2n) is 7.41. The largest absolute Gasteiger partial charge is 0.495 e. The Labute approximate surface area is 191 Å². The predicted octanol–water partition coefficient (Wildman–Crippen LogP) is 4.43. The molecule has 1 heterocycles. The first kappa shape index (κ1) is 21.9. The minimum atomic E-state index is -0.316. The lowest BCUT2D eigenvalue weighted by Crippen LogP contribution is -2.31. The normalized spacial score (nSPS) is 10.6. The SMILES string of the molecule is COc1ccccc1NC(=O)c1ccc(NC(=O)NCCn2c(C)nc3ccccc32)cc1. The van der Waals surface area contributed by atoms with Crippen LogP contribution in [0.1, 0.15) is 16.2 Å². The summed E-state index contributed by atoms with van der Waals surface area (Å²) in [5.74, 6) is 1.22. The molecule has 0 saturated carbocycles. The van der Waals surface area contributed by atoms with Crippen molar-refractivity contribution in [3.8, 4) is 5.75 Å². The maximum Gasteiger partial charge on any atom is 0.319 e. The highest BCUT2D eigenvalue weighted by molar-refractivity contribution is 6.05. The van der Waals surface area contributed by atoms with Crippen LogP contribution in [0.5, 0.6) is 5.75 Å². The lowest BCUT2D eigenvalue weighted by molar-refractivity contribution is 0.102. The maximum atomic E-state index is 12.5. The van der Waals surface area contributed by atoms with E-state index in [9.17, 15) is 9.59 Å². The molecular weight excluding hydrogens is 418 g/mol. The third-order valence-corrected chi connectivity index (χ3v) is 5.23. The van der Waals surface area contributed by atoms with Crippen LogP contribution in [-0.2, 0) is 6.54 Å². The van der Waals surface area contributed by atoms with Crippen molar-refractivity contribution in [2.24, 2.45) is 0 Å². The number of ether oxygens (including phenoxy) is 1. The Kier molecular flexibility index (Phi) is 6.54. The second kappa shape index (κ2) is 9.86. The van der Waals surface area contributed by atoms with Crippen LogP contribution in [-0.4, -0.2) is 35.1 Å². The first-order chi connectivity index (χ1) is 16.0. The number of rotatable bonds is 7. The van der Waals surface area contributed by atoms with E-state index in [0.717, 1.165) is 16.9 Å². The Morgan fingerprint density at radius 3 is 2.45 bits per heavy atom. The molecule has 8 heteroatoms. The summed E-state index contributed by atoms with van der Waals surface area (Å²) in [4.78, 5) is 29.3. The summed E-state index contributed by atoms with van der Waals surface area (Å²) in [6.45, 7) is 3.01.